The van der Waals surface area contributed by atoms with Crippen molar-refractivity contribution in [2.45, 2.75) is 39.0 Å². The van der Waals surface area contributed by atoms with Crippen molar-refractivity contribution in [2.75, 3.05) is 13.7 Å². The van der Waals surface area contributed by atoms with Crippen molar-refractivity contribution < 1.29 is 23.8 Å². The van der Waals surface area contributed by atoms with Crippen molar-refractivity contribution in [1.82, 2.24) is 5.32 Å². The molecule has 0 spiro atoms. The number of hydrogen-bond donors (Lipinski definition) is 1. The van der Waals surface area contributed by atoms with Gasteiger partial charge in [0.15, 0.2) is 6.04 Å². The lowest BCUT2D eigenvalue weighted by molar-refractivity contribution is -0.145. The summed E-state index contributed by atoms with van der Waals surface area (Å²) in [6, 6.07) is 17.1. The van der Waals surface area contributed by atoms with Gasteiger partial charge in [0.25, 0.3) is 0 Å². The van der Waals surface area contributed by atoms with E-state index < -0.39 is 23.7 Å². The minimum Gasteiger partial charge on any atom is -0.467 e. The van der Waals surface area contributed by atoms with Crippen LogP contribution in [0.2, 0.25) is 0 Å². The highest BCUT2D eigenvalue weighted by Gasteiger charge is 2.25. The van der Waals surface area contributed by atoms with Gasteiger partial charge in [-0.1, -0.05) is 54.6 Å². The largest absolute Gasteiger partial charge is 0.467 e. The minimum absolute atomic E-state index is 0.0215. The van der Waals surface area contributed by atoms with Crippen molar-refractivity contribution in [1.29, 1.82) is 0 Å². The van der Waals surface area contributed by atoms with Crippen LogP contribution < -0.4 is 5.32 Å². The summed E-state index contributed by atoms with van der Waals surface area (Å²) < 4.78 is 15.5. The topological polar surface area (TPSA) is 73.9 Å². The van der Waals surface area contributed by atoms with Gasteiger partial charge < -0.3 is 19.5 Å². The van der Waals surface area contributed by atoms with E-state index in [1.54, 1.807) is 20.8 Å². The molecule has 0 aliphatic heterocycles. The zero-order chi connectivity index (χ0) is 20.6. The fourth-order valence-corrected chi connectivity index (χ4v) is 2.48. The number of ether oxygens (including phenoxy) is 3. The van der Waals surface area contributed by atoms with E-state index in [0.717, 1.165) is 16.7 Å². The predicted octanol–water partition coefficient (Wildman–Crippen LogP) is 3.94. The highest BCUT2D eigenvalue weighted by atomic mass is 16.6. The van der Waals surface area contributed by atoms with Gasteiger partial charge in [-0.05, 0) is 37.5 Å². The Labute approximate surface area is 165 Å². The highest BCUT2D eigenvalue weighted by Crippen LogP contribution is 2.19. The monoisotopic (exact) mass is 385 g/mol. The average molecular weight is 385 g/mol. The first-order valence-electron chi connectivity index (χ1n) is 9.08. The molecule has 0 radical (unpaired) electrons. The van der Waals surface area contributed by atoms with Crippen LogP contribution in [0.1, 0.15) is 26.3 Å². The van der Waals surface area contributed by atoms with E-state index in [4.69, 9.17) is 14.2 Å². The van der Waals surface area contributed by atoms with E-state index >= 15 is 0 Å². The maximum absolute atomic E-state index is 11.9. The first kappa shape index (κ1) is 21.4. The molecule has 0 saturated heterocycles. The highest BCUT2D eigenvalue weighted by molar-refractivity contribution is 5.81. The Morgan fingerprint density at radius 2 is 1.57 bits per heavy atom. The van der Waals surface area contributed by atoms with Crippen LogP contribution in [0.4, 0.5) is 4.79 Å². The third-order valence-corrected chi connectivity index (χ3v) is 3.79. The van der Waals surface area contributed by atoms with Crippen molar-refractivity contribution in [2.24, 2.45) is 0 Å². The molecule has 0 fully saturated rings. The van der Waals surface area contributed by atoms with Gasteiger partial charge in [-0.15, -0.1) is 0 Å². The average Bonchev–Trinajstić information content (AvgIpc) is 2.66. The molecular weight excluding hydrogens is 358 g/mol. The Balaban J connectivity index is 1.89. The molecule has 1 atom stereocenters. The lowest BCUT2D eigenvalue weighted by Crippen LogP contribution is -2.46. The number of rotatable bonds is 7. The summed E-state index contributed by atoms with van der Waals surface area (Å²) in [5, 5.41) is 2.48. The molecule has 0 saturated carbocycles. The second-order valence-electron chi connectivity index (χ2n) is 7.30. The molecule has 0 aliphatic rings. The molecule has 0 heterocycles. The Bertz CT molecular complexity index is 766. The van der Waals surface area contributed by atoms with E-state index in [1.165, 1.54) is 7.11 Å². The number of hydrogen-bond acceptors (Lipinski definition) is 5. The number of nitrogens with one attached hydrogen (secondary N) is 1. The van der Waals surface area contributed by atoms with Crippen LogP contribution in [-0.4, -0.2) is 37.4 Å². The SMILES string of the molecule is COC(=O)[C@H](COCc1ccc(-c2ccccc2)cc1)NC(=O)OC(C)(C)C. The number of benzene rings is 2. The van der Waals surface area contributed by atoms with Crippen LogP contribution in [0.5, 0.6) is 0 Å². The van der Waals surface area contributed by atoms with Crippen molar-refractivity contribution >= 4 is 12.1 Å². The van der Waals surface area contributed by atoms with Gasteiger partial charge in [0.2, 0.25) is 0 Å². The van der Waals surface area contributed by atoms with Gasteiger partial charge in [-0.2, -0.15) is 0 Å². The normalized spacial score (nSPS) is 12.1. The lowest BCUT2D eigenvalue weighted by atomic mass is 10.0. The number of alkyl carbamates (subject to hydrolysis) is 1. The van der Waals surface area contributed by atoms with Gasteiger partial charge in [-0.25, -0.2) is 9.59 Å². The Morgan fingerprint density at radius 1 is 0.964 bits per heavy atom. The molecule has 150 valence electrons. The number of esters is 1. The molecule has 0 aromatic heterocycles. The number of carbonyl (C=O) groups is 2. The summed E-state index contributed by atoms with van der Waals surface area (Å²) >= 11 is 0. The Morgan fingerprint density at radius 3 is 2.14 bits per heavy atom. The summed E-state index contributed by atoms with van der Waals surface area (Å²) in [4.78, 5) is 23.8. The van der Waals surface area contributed by atoms with E-state index in [0.29, 0.717) is 6.61 Å². The van der Waals surface area contributed by atoms with Crippen LogP contribution in [0.15, 0.2) is 54.6 Å². The Hall–Kier alpha value is -2.86. The predicted molar refractivity (Wildman–Crippen MR) is 107 cm³/mol. The smallest absolute Gasteiger partial charge is 0.408 e. The summed E-state index contributed by atoms with van der Waals surface area (Å²) in [5.74, 6) is -0.592. The molecule has 2 aromatic carbocycles. The zero-order valence-electron chi connectivity index (χ0n) is 16.7. The van der Waals surface area contributed by atoms with E-state index in [9.17, 15) is 9.59 Å². The number of amides is 1. The molecule has 1 amide bonds. The molecule has 0 unspecified atom stereocenters. The summed E-state index contributed by atoms with van der Waals surface area (Å²) in [6.45, 7) is 5.52. The van der Waals surface area contributed by atoms with Gasteiger partial charge in [0.05, 0.1) is 20.3 Å². The molecule has 28 heavy (non-hydrogen) atoms. The van der Waals surface area contributed by atoms with Gasteiger partial charge in [-0.3, -0.25) is 0 Å². The maximum Gasteiger partial charge on any atom is 0.408 e. The molecular formula is C22H27NO5. The van der Waals surface area contributed by atoms with Gasteiger partial charge in [0, 0.05) is 0 Å². The van der Waals surface area contributed by atoms with Crippen LogP contribution in [0, 0.1) is 0 Å². The first-order chi connectivity index (χ1) is 13.3. The fourth-order valence-electron chi connectivity index (χ4n) is 2.48. The van der Waals surface area contributed by atoms with E-state index in [-0.39, 0.29) is 6.61 Å². The molecule has 6 nitrogen and oxygen atoms in total. The van der Waals surface area contributed by atoms with Gasteiger partial charge >= 0.3 is 12.1 Å². The van der Waals surface area contributed by atoms with Crippen LogP contribution in [0.25, 0.3) is 11.1 Å². The second kappa shape index (κ2) is 9.90. The van der Waals surface area contributed by atoms with Crippen LogP contribution in [-0.2, 0) is 25.6 Å². The minimum atomic E-state index is -0.941. The van der Waals surface area contributed by atoms with Crippen LogP contribution in [0.3, 0.4) is 0 Å². The van der Waals surface area contributed by atoms with Gasteiger partial charge in [0.1, 0.15) is 5.60 Å². The van der Waals surface area contributed by atoms with E-state index in [1.807, 2.05) is 42.5 Å². The summed E-state index contributed by atoms with van der Waals surface area (Å²) in [7, 11) is 1.26. The van der Waals surface area contributed by atoms with Crippen molar-refractivity contribution in [3.63, 3.8) is 0 Å². The lowest BCUT2D eigenvalue weighted by Gasteiger charge is -2.22. The molecule has 6 heteroatoms. The van der Waals surface area contributed by atoms with Crippen LogP contribution >= 0.6 is 0 Å². The fraction of sp³-hybridized carbons (Fsp3) is 0.364. The molecule has 0 aliphatic carbocycles. The van der Waals surface area contributed by atoms with Crippen molar-refractivity contribution in [3.8, 4) is 11.1 Å². The Kier molecular flexibility index (Phi) is 7.58. The molecule has 1 N–H and O–H groups in total. The number of methoxy groups -OCH3 is 1. The summed E-state index contributed by atoms with van der Waals surface area (Å²) in [6.07, 6.45) is -0.696. The molecule has 2 rings (SSSR count). The second-order valence-corrected chi connectivity index (χ2v) is 7.30. The number of carbonyl (C=O) groups excluding carboxylic acids is 2. The molecule has 2 aromatic rings. The standard InChI is InChI=1S/C22H27NO5/c1-22(2,3)28-21(25)23-19(20(24)26-4)15-27-14-16-10-12-18(13-11-16)17-8-6-5-7-9-17/h5-13,19H,14-15H2,1-4H3,(H,23,25)/t19-/m0/s1. The summed E-state index contributed by atoms with van der Waals surface area (Å²) in [5.41, 5.74) is 2.55. The quantitative estimate of drug-likeness (QED) is 0.731. The maximum atomic E-state index is 11.9. The van der Waals surface area contributed by atoms with E-state index in [2.05, 4.69) is 17.4 Å². The first-order valence-corrected chi connectivity index (χ1v) is 9.08. The third-order valence-electron chi connectivity index (χ3n) is 3.79. The zero-order valence-corrected chi connectivity index (χ0v) is 16.7. The molecule has 0 bridgehead atoms. The third kappa shape index (κ3) is 7.04. The van der Waals surface area contributed by atoms with Crippen molar-refractivity contribution in [3.05, 3.63) is 60.2 Å².